The van der Waals surface area contributed by atoms with Crippen LogP contribution >= 0.6 is 11.3 Å². The van der Waals surface area contributed by atoms with E-state index in [1.807, 2.05) is 49.4 Å². The van der Waals surface area contributed by atoms with Crippen molar-refractivity contribution in [3.05, 3.63) is 69.5 Å². The molecule has 0 aliphatic heterocycles. The standard InChI is InChI=1S/C17H17N3O2S/c1-12-7-8-14(23-12)17(21)18-10-9-16-19-15(20-22-16)11-13-5-3-2-4-6-13/h2-8H,9-11H2,1H3,(H,18,21). The maximum Gasteiger partial charge on any atom is 0.261 e. The number of aryl methyl sites for hydroxylation is 1. The maximum absolute atomic E-state index is 11.9. The number of aromatic nitrogens is 2. The number of nitrogens with one attached hydrogen (secondary N) is 1. The van der Waals surface area contributed by atoms with E-state index in [-0.39, 0.29) is 5.91 Å². The highest BCUT2D eigenvalue weighted by molar-refractivity contribution is 7.13. The molecule has 3 aromatic rings. The van der Waals surface area contributed by atoms with Crippen molar-refractivity contribution in [1.82, 2.24) is 15.5 Å². The second kappa shape index (κ2) is 7.19. The highest BCUT2D eigenvalue weighted by atomic mass is 32.1. The fourth-order valence-corrected chi connectivity index (χ4v) is 2.95. The third kappa shape index (κ3) is 4.26. The van der Waals surface area contributed by atoms with E-state index in [0.717, 1.165) is 15.3 Å². The lowest BCUT2D eigenvalue weighted by atomic mass is 10.1. The van der Waals surface area contributed by atoms with Gasteiger partial charge < -0.3 is 9.84 Å². The topological polar surface area (TPSA) is 68.0 Å². The van der Waals surface area contributed by atoms with Crippen molar-refractivity contribution in [1.29, 1.82) is 0 Å². The summed E-state index contributed by atoms with van der Waals surface area (Å²) in [5.74, 6) is 1.14. The lowest BCUT2D eigenvalue weighted by Crippen LogP contribution is -2.24. The van der Waals surface area contributed by atoms with Crippen LogP contribution in [0.5, 0.6) is 0 Å². The highest BCUT2D eigenvalue weighted by Gasteiger charge is 2.10. The number of hydrogen-bond donors (Lipinski definition) is 1. The van der Waals surface area contributed by atoms with Crippen LogP contribution in [-0.2, 0) is 12.8 Å². The van der Waals surface area contributed by atoms with Crippen LogP contribution in [0.25, 0.3) is 0 Å². The summed E-state index contributed by atoms with van der Waals surface area (Å²) in [5, 5.41) is 6.84. The Morgan fingerprint density at radius 3 is 2.78 bits per heavy atom. The third-order valence-electron chi connectivity index (χ3n) is 3.30. The molecule has 0 atom stereocenters. The molecule has 0 radical (unpaired) electrons. The Labute approximate surface area is 138 Å². The first kappa shape index (κ1) is 15.4. The molecule has 6 heteroatoms. The van der Waals surface area contributed by atoms with Crippen LogP contribution in [0.1, 0.15) is 31.8 Å². The average molecular weight is 327 g/mol. The molecule has 0 unspecified atom stereocenters. The molecule has 0 saturated heterocycles. The first-order valence-corrected chi connectivity index (χ1v) is 8.22. The van der Waals surface area contributed by atoms with Gasteiger partial charge in [0, 0.05) is 24.3 Å². The first-order valence-electron chi connectivity index (χ1n) is 7.41. The maximum atomic E-state index is 11.9. The number of nitrogens with zero attached hydrogens (tertiary/aromatic N) is 2. The van der Waals surface area contributed by atoms with Gasteiger partial charge in [0.1, 0.15) is 0 Å². The molecule has 0 fully saturated rings. The molecule has 2 heterocycles. The molecule has 23 heavy (non-hydrogen) atoms. The molecular weight excluding hydrogens is 310 g/mol. The van der Waals surface area contributed by atoms with Gasteiger partial charge >= 0.3 is 0 Å². The quantitative estimate of drug-likeness (QED) is 0.756. The lowest BCUT2D eigenvalue weighted by molar-refractivity contribution is 0.0957. The van der Waals surface area contributed by atoms with Gasteiger partial charge in [-0.25, -0.2) is 0 Å². The molecule has 3 rings (SSSR count). The second-order valence-electron chi connectivity index (χ2n) is 5.18. The van der Waals surface area contributed by atoms with E-state index in [1.165, 1.54) is 11.3 Å². The van der Waals surface area contributed by atoms with Crippen LogP contribution in [0.3, 0.4) is 0 Å². The summed E-state index contributed by atoms with van der Waals surface area (Å²) in [4.78, 5) is 18.1. The van der Waals surface area contributed by atoms with Crippen LogP contribution in [0.2, 0.25) is 0 Å². The Hall–Kier alpha value is -2.47. The minimum Gasteiger partial charge on any atom is -0.351 e. The summed E-state index contributed by atoms with van der Waals surface area (Å²) in [6.45, 7) is 2.46. The van der Waals surface area contributed by atoms with E-state index in [0.29, 0.717) is 31.1 Å². The van der Waals surface area contributed by atoms with Crippen LogP contribution in [0, 0.1) is 6.92 Å². The summed E-state index contributed by atoms with van der Waals surface area (Å²) in [7, 11) is 0. The Morgan fingerprint density at radius 1 is 1.22 bits per heavy atom. The average Bonchev–Trinajstić information content (AvgIpc) is 3.17. The smallest absolute Gasteiger partial charge is 0.261 e. The van der Waals surface area contributed by atoms with Gasteiger partial charge in [0.2, 0.25) is 5.89 Å². The van der Waals surface area contributed by atoms with Gasteiger partial charge in [-0.15, -0.1) is 11.3 Å². The van der Waals surface area contributed by atoms with Crippen molar-refractivity contribution in [2.24, 2.45) is 0 Å². The minimum atomic E-state index is -0.0628. The zero-order valence-electron chi connectivity index (χ0n) is 12.8. The van der Waals surface area contributed by atoms with E-state index in [4.69, 9.17) is 4.52 Å². The Morgan fingerprint density at radius 2 is 2.04 bits per heavy atom. The number of amides is 1. The fourth-order valence-electron chi connectivity index (χ4n) is 2.17. The molecule has 5 nitrogen and oxygen atoms in total. The van der Waals surface area contributed by atoms with Gasteiger partial charge in [-0.1, -0.05) is 35.5 Å². The predicted molar refractivity (Wildman–Crippen MR) is 88.6 cm³/mol. The van der Waals surface area contributed by atoms with E-state index in [2.05, 4.69) is 15.5 Å². The molecule has 1 aromatic carbocycles. The summed E-state index contributed by atoms with van der Waals surface area (Å²) >= 11 is 1.48. The largest absolute Gasteiger partial charge is 0.351 e. The van der Waals surface area contributed by atoms with E-state index < -0.39 is 0 Å². The monoisotopic (exact) mass is 327 g/mol. The number of rotatable bonds is 6. The van der Waals surface area contributed by atoms with E-state index in [1.54, 1.807) is 0 Å². The third-order valence-corrected chi connectivity index (χ3v) is 4.30. The van der Waals surface area contributed by atoms with Gasteiger partial charge in [0.15, 0.2) is 5.82 Å². The van der Waals surface area contributed by atoms with Crippen molar-refractivity contribution in [3.63, 3.8) is 0 Å². The van der Waals surface area contributed by atoms with Gasteiger partial charge in [-0.05, 0) is 24.6 Å². The molecule has 0 spiro atoms. The number of hydrogen-bond acceptors (Lipinski definition) is 5. The predicted octanol–water partition coefficient (Wildman–Crippen LogP) is 3.00. The van der Waals surface area contributed by atoms with Crippen LogP contribution in [0.15, 0.2) is 47.0 Å². The molecule has 0 bridgehead atoms. The summed E-state index contributed by atoms with van der Waals surface area (Å²) in [5.41, 5.74) is 1.14. The molecule has 1 amide bonds. The normalized spacial score (nSPS) is 10.7. The van der Waals surface area contributed by atoms with Gasteiger partial charge in [-0.3, -0.25) is 4.79 Å². The fraction of sp³-hybridized carbons (Fsp3) is 0.235. The summed E-state index contributed by atoms with van der Waals surface area (Å²) in [6, 6.07) is 13.8. The van der Waals surface area contributed by atoms with Gasteiger partial charge in [0.05, 0.1) is 4.88 Å². The van der Waals surface area contributed by atoms with Crippen molar-refractivity contribution in [2.75, 3.05) is 6.54 Å². The molecule has 118 valence electrons. The number of thiophene rings is 1. The molecule has 1 N–H and O–H groups in total. The van der Waals surface area contributed by atoms with Crippen molar-refractivity contribution < 1.29 is 9.32 Å². The van der Waals surface area contributed by atoms with E-state index >= 15 is 0 Å². The Balaban J connectivity index is 1.48. The zero-order valence-corrected chi connectivity index (χ0v) is 13.6. The van der Waals surface area contributed by atoms with Crippen LogP contribution < -0.4 is 5.32 Å². The van der Waals surface area contributed by atoms with Crippen molar-refractivity contribution in [2.45, 2.75) is 19.8 Å². The van der Waals surface area contributed by atoms with Crippen LogP contribution in [0.4, 0.5) is 0 Å². The molecule has 0 aliphatic rings. The Kier molecular flexibility index (Phi) is 4.83. The molecular formula is C17H17N3O2S. The lowest BCUT2D eigenvalue weighted by Gasteiger charge is -2.00. The van der Waals surface area contributed by atoms with Crippen molar-refractivity contribution >= 4 is 17.2 Å². The minimum absolute atomic E-state index is 0.0628. The van der Waals surface area contributed by atoms with Gasteiger partial charge in [0.25, 0.3) is 5.91 Å². The summed E-state index contributed by atoms with van der Waals surface area (Å²) < 4.78 is 5.22. The Bertz CT molecular complexity index is 780. The van der Waals surface area contributed by atoms with Gasteiger partial charge in [-0.2, -0.15) is 4.98 Å². The molecule has 0 aliphatic carbocycles. The SMILES string of the molecule is Cc1ccc(C(=O)NCCc2nc(Cc3ccccc3)no2)s1. The second-order valence-corrected chi connectivity index (χ2v) is 6.47. The molecule has 0 saturated carbocycles. The number of carbonyl (C=O) groups excluding carboxylic acids is 1. The van der Waals surface area contributed by atoms with E-state index in [9.17, 15) is 4.79 Å². The zero-order chi connectivity index (χ0) is 16.1. The summed E-state index contributed by atoms with van der Waals surface area (Å²) in [6.07, 6.45) is 1.17. The highest BCUT2D eigenvalue weighted by Crippen LogP contribution is 2.14. The first-order chi connectivity index (χ1) is 11.2. The van der Waals surface area contributed by atoms with Crippen molar-refractivity contribution in [3.8, 4) is 0 Å². The number of benzene rings is 1. The number of carbonyl (C=O) groups is 1. The van der Waals surface area contributed by atoms with Crippen LogP contribution in [-0.4, -0.2) is 22.6 Å². The molecule has 2 aromatic heterocycles.